The number of hydrogen-bond acceptors (Lipinski definition) is 3. The number of carbonyl (C=O) groups is 1. The lowest BCUT2D eigenvalue weighted by molar-refractivity contribution is 0.0976. The van der Waals surface area contributed by atoms with E-state index in [0.29, 0.717) is 30.9 Å². The molecule has 0 bridgehead atoms. The first-order valence-corrected chi connectivity index (χ1v) is 5.78. The summed E-state index contributed by atoms with van der Waals surface area (Å²) in [4.78, 5) is 11.8. The molecule has 0 N–H and O–H groups in total. The lowest BCUT2D eigenvalue weighted by Crippen LogP contribution is -2.09. The summed E-state index contributed by atoms with van der Waals surface area (Å²) in [5.41, 5.74) is 0.326. The Morgan fingerprint density at radius 2 is 2.35 bits per heavy atom. The largest absolute Gasteiger partial charge is 0.490 e. The van der Waals surface area contributed by atoms with Gasteiger partial charge in [-0.2, -0.15) is 0 Å². The summed E-state index contributed by atoms with van der Waals surface area (Å²) in [6.45, 7) is 3.02. The number of epoxide rings is 1. The molecule has 4 heteroatoms. The second kappa shape index (κ2) is 5.27. The molecule has 92 valence electrons. The smallest absolute Gasteiger partial charge is 0.166 e. The molecule has 1 fully saturated rings. The Morgan fingerprint density at radius 3 is 3.00 bits per heavy atom. The third-order valence-corrected chi connectivity index (χ3v) is 2.55. The van der Waals surface area contributed by atoms with Crippen molar-refractivity contribution >= 4 is 5.78 Å². The summed E-state index contributed by atoms with van der Waals surface area (Å²) in [5, 5.41) is 0. The summed E-state index contributed by atoms with van der Waals surface area (Å²) < 4.78 is 23.6. The monoisotopic (exact) mass is 238 g/mol. The van der Waals surface area contributed by atoms with Crippen LogP contribution in [0.1, 0.15) is 30.1 Å². The van der Waals surface area contributed by atoms with Crippen LogP contribution in [-0.2, 0) is 4.74 Å². The van der Waals surface area contributed by atoms with E-state index >= 15 is 0 Å². The number of Topliss-reactive ketones (excluding diaryl/α,β-unsaturated/α-hetero) is 1. The first-order valence-electron chi connectivity index (χ1n) is 5.78. The fourth-order valence-electron chi connectivity index (χ4n) is 1.55. The molecule has 17 heavy (non-hydrogen) atoms. The van der Waals surface area contributed by atoms with Crippen molar-refractivity contribution in [2.24, 2.45) is 0 Å². The van der Waals surface area contributed by atoms with Gasteiger partial charge in [0.25, 0.3) is 0 Å². The number of halogens is 1. The van der Waals surface area contributed by atoms with Crippen molar-refractivity contribution in [3.05, 3.63) is 29.6 Å². The highest BCUT2D eigenvalue weighted by Crippen LogP contribution is 2.23. The Balaban J connectivity index is 2.13. The van der Waals surface area contributed by atoms with Gasteiger partial charge in [0, 0.05) is 6.42 Å². The highest BCUT2D eigenvalue weighted by molar-refractivity contribution is 5.98. The van der Waals surface area contributed by atoms with Crippen molar-refractivity contribution < 1.29 is 18.7 Å². The van der Waals surface area contributed by atoms with Crippen LogP contribution in [0.5, 0.6) is 5.75 Å². The highest BCUT2D eigenvalue weighted by Gasteiger charge is 2.24. The second-order valence-corrected chi connectivity index (χ2v) is 4.08. The van der Waals surface area contributed by atoms with Crippen molar-refractivity contribution in [1.82, 2.24) is 0 Å². The molecule has 1 saturated heterocycles. The molecule has 3 nitrogen and oxygen atoms in total. The molecular weight excluding hydrogens is 223 g/mol. The molecule has 1 aliphatic heterocycles. The number of ketones is 1. The zero-order chi connectivity index (χ0) is 12.3. The molecule has 0 aromatic heterocycles. The van der Waals surface area contributed by atoms with Crippen LogP contribution in [0.3, 0.4) is 0 Å². The number of ether oxygens (including phenoxy) is 2. The zero-order valence-corrected chi connectivity index (χ0v) is 9.74. The number of benzene rings is 1. The van der Waals surface area contributed by atoms with Crippen LogP contribution >= 0.6 is 0 Å². The maximum absolute atomic E-state index is 13.1. The van der Waals surface area contributed by atoms with Crippen molar-refractivity contribution in [2.75, 3.05) is 13.2 Å². The van der Waals surface area contributed by atoms with Crippen molar-refractivity contribution in [3.8, 4) is 5.75 Å². The first kappa shape index (κ1) is 12.0. The second-order valence-electron chi connectivity index (χ2n) is 4.08. The van der Waals surface area contributed by atoms with Crippen molar-refractivity contribution in [1.29, 1.82) is 0 Å². The molecule has 0 radical (unpaired) electrons. The van der Waals surface area contributed by atoms with Gasteiger partial charge in [-0.1, -0.05) is 6.92 Å². The van der Waals surface area contributed by atoms with E-state index in [0.717, 1.165) is 6.42 Å². The zero-order valence-electron chi connectivity index (χ0n) is 9.74. The molecule has 0 spiro atoms. The first-order chi connectivity index (χ1) is 8.20. The summed E-state index contributed by atoms with van der Waals surface area (Å²) in [7, 11) is 0. The average Bonchev–Trinajstić information content (AvgIpc) is 3.11. The fourth-order valence-corrected chi connectivity index (χ4v) is 1.55. The van der Waals surface area contributed by atoms with Crippen LogP contribution < -0.4 is 4.74 Å². The molecule has 1 heterocycles. The van der Waals surface area contributed by atoms with Gasteiger partial charge >= 0.3 is 0 Å². The minimum absolute atomic E-state index is 0.0845. The third kappa shape index (κ3) is 3.27. The lowest BCUT2D eigenvalue weighted by atomic mass is 10.1. The van der Waals surface area contributed by atoms with Crippen LogP contribution in [0.15, 0.2) is 18.2 Å². The van der Waals surface area contributed by atoms with E-state index in [1.54, 1.807) is 0 Å². The molecule has 1 aromatic carbocycles. The molecule has 1 atom stereocenters. The Kier molecular flexibility index (Phi) is 3.74. The van der Waals surface area contributed by atoms with Gasteiger partial charge in [-0.15, -0.1) is 0 Å². The SMILES string of the molecule is CCCC(=O)c1cc(F)ccc1OCC1CO1. The van der Waals surface area contributed by atoms with E-state index in [4.69, 9.17) is 9.47 Å². The van der Waals surface area contributed by atoms with Crippen molar-refractivity contribution in [3.63, 3.8) is 0 Å². The summed E-state index contributed by atoms with van der Waals surface area (Å²) >= 11 is 0. The summed E-state index contributed by atoms with van der Waals surface area (Å²) in [6.07, 6.45) is 1.26. The Bertz CT molecular complexity index is 413. The number of hydrogen-bond donors (Lipinski definition) is 0. The van der Waals surface area contributed by atoms with E-state index in [1.807, 2.05) is 6.92 Å². The van der Waals surface area contributed by atoms with Gasteiger partial charge in [-0.3, -0.25) is 4.79 Å². The standard InChI is InChI=1S/C13H15FO3/c1-2-3-12(15)11-6-9(14)4-5-13(11)17-8-10-7-16-10/h4-6,10H,2-3,7-8H2,1H3. The molecule has 1 aliphatic rings. The summed E-state index contributed by atoms with van der Waals surface area (Å²) in [5.74, 6) is -0.0569. The molecule has 1 unspecified atom stereocenters. The minimum atomic E-state index is -0.417. The minimum Gasteiger partial charge on any atom is -0.490 e. The fraction of sp³-hybridized carbons (Fsp3) is 0.462. The topological polar surface area (TPSA) is 38.8 Å². The average molecular weight is 238 g/mol. The Hall–Kier alpha value is -1.42. The normalized spacial score (nSPS) is 17.9. The summed E-state index contributed by atoms with van der Waals surface area (Å²) in [6, 6.07) is 4.04. The van der Waals surface area contributed by atoms with E-state index in [1.165, 1.54) is 18.2 Å². The van der Waals surface area contributed by atoms with Crippen LogP contribution in [0.25, 0.3) is 0 Å². The number of carbonyl (C=O) groups excluding carboxylic acids is 1. The molecular formula is C13H15FO3. The maximum atomic E-state index is 13.1. The van der Waals surface area contributed by atoms with Gasteiger partial charge in [-0.05, 0) is 24.6 Å². The Morgan fingerprint density at radius 1 is 1.59 bits per heavy atom. The van der Waals surface area contributed by atoms with Gasteiger partial charge in [-0.25, -0.2) is 4.39 Å². The quantitative estimate of drug-likeness (QED) is 0.564. The van der Waals surface area contributed by atoms with E-state index in [-0.39, 0.29) is 11.9 Å². The molecule has 0 amide bonds. The van der Waals surface area contributed by atoms with Gasteiger partial charge in [0.15, 0.2) is 5.78 Å². The molecule has 1 aromatic rings. The van der Waals surface area contributed by atoms with Crippen LogP contribution in [-0.4, -0.2) is 25.1 Å². The van der Waals surface area contributed by atoms with Gasteiger partial charge in [0.05, 0.1) is 12.2 Å². The third-order valence-electron chi connectivity index (χ3n) is 2.55. The highest BCUT2D eigenvalue weighted by atomic mass is 19.1. The van der Waals surface area contributed by atoms with E-state index in [2.05, 4.69) is 0 Å². The van der Waals surface area contributed by atoms with Crippen LogP contribution in [0.2, 0.25) is 0 Å². The van der Waals surface area contributed by atoms with Crippen LogP contribution in [0, 0.1) is 5.82 Å². The predicted octanol–water partition coefficient (Wildman–Crippen LogP) is 2.59. The van der Waals surface area contributed by atoms with Crippen LogP contribution in [0.4, 0.5) is 4.39 Å². The van der Waals surface area contributed by atoms with Gasteiger partial charge in [0.2, 0.25) is 0 Å². The van der Waals surface area contributed by atoms with Gasteiger partial charge in [0.1, 0.15) is 24.3 Å². The molecule has 0 aliphatic carbocycles. The van der Waals surface area contributed by atoms with Crippen molar-refractivity contribution in [2.45, 2.75) is 25.9 Å². The van der Waals surface area contributed by atoms with E-state index < -0.39 is 5.82 Å². The van der Waals surface area contributed by atoms with E-state index in [9.17, 15) is 9.18 Å². The Labute approximate surface area is 99.5 Å². The number of rotatable bonds is 6. The maximum Gasteiger partial charge on any atom is 0.166 e. The predicted molar refractivity (Wildman–Crippen MR) is 60.9 cm³/mol. The molecule has 0 saturated carbocycles. The van der Waals surface area contributed by atoms with Gasteiger partial charge < -0.3 is 9.47 Å². The molecule has 2 rings (SSSR count). The lowest BCUT2D eigenvalue weighted by Gasteiger charge is -2.09.